The number of hydrogen-bond donors (Lipinski definition) is 2. The highest BCUT2D eigenvalue weighted by molar-refractivity contribution is 7.09. The molecule has 0 bridgehead atoms. The summed E-state index contributed by atoms with van der Waals surface area (Å²) in [6, 6.07) is 0. The Morgan fingerprint density at radius 3 is 3.06 bits per heavy atom. The summed E-state index contributed by atoms with van der Waals surface area (Å²) in [5, 5.41) is 9.62. The quantitative estimate of drug-likeness (QED) is 0.825. The van der Waals surface area contributed by atoms with Crippen LogP contribution in [0.15, 0.2) is 17.8 Å². The van der Waals surface area contributed by atoms with Crippen molar-refractivity contribution in [3.63, 3.8) is 0 Å². The Bertz CT molecular complexity index is 505. The van der Waals surface area contributed by atoms with E-state index in [-0.39, 0.29) is 5.91 Å². The second-order valence-corrected chi connectivity index (χ2v) is 4.48. The van der Waals surface area contributed by atoms with Crippen LogP contribution in [0, 0.1) is 0 Å². The zero-order valence-electron chi connectivity index (χ0n) is 9.38. The highest BCUT2D eigenvalue weighted by atomic mass is 32.1. The zero-order valence-corrected chi connectivity index (χ0v) is 10.2. The molecule has 90 valence electrons. The highest BCUT2D eigenvalue weighted by Gasteiger charge is 2.12. The third-order valence-corrected chi connectivity index (χ3v) is 3.18. The Morgan fingerprint density at radius 1 is 1.65 bits per heavy atom. The Balaban J connectivity index is 1.87. The molecule has 0 unspecified atom stereocenters. The van der Waals surface area contributed by atoms with Gasteiger partial charge in [-0.1, -0.05) is 0 Å². The molecule has 0 saturated carbocycles. The first kappa shape index (κ1) is 11.6. The minimum absolute atomic E-state index is 0.202. The number of anilines is 1. The molecule has 2 heterocycles. The van der Waals surface area contributed by atoms with Crippen LogP contribution >= 0.6 is 11.3 Å². The summed E-state index contributed by atoms with van der Waals surface area (Å²) >= 11 is 1.57. The van der Waals surface area contributed by atoms with E-state index in [9.17, 15) is 4.79 Å². The van der Waals surface area contributed by atoms with Gasteiger partial charge in [-0.15, -0.1) is 11.3 Å². The van der Waals surface area contributed by atoms with Crippen LogP contribution in [0.5, 0.6) is 0 Å². The van der Waals surface area contributed by atoms with Crippen molar-refractivity contribution in [2.45, 2.75) is 6.42 Å². The van der Waals surface area contributed by atoms with E-state index in [0.29, 0.717) is 17.9 Å². The van der Waals surface area contributed by atoms with Gasteiger partial charge in [-0.05, 0) is 0 Å². The standard InChI is InChI=1S/C10H13N5OS/c1-15-9(11)7(6-14-15)10(16)13-3-2-8-12-4-5-17-8/h4-6H,2-3,11H2,1H3,(H,13,16). The van der Waals surface area contributed by atoms with Crippen LogP contribution in [0.3, 0.4) is 0 Å². The highest BCUT2D eigenvalue weighted by Crippen LogP contribution is 2.09. The largest absolute Gasteiger partial charge is 0.383 e. The van der Waals surface area contributed by atoms with Crippen molar-refractivity contribution in [2.75, 3.05) is 12.3 Å². The van der Waals surface area contributed by atoms with E-state index < -0.39 is 0 Å². The van der Waals surface area contributed by atoms with Crippen molar-refractivity contribution in [2.24, 2.45) is 7.05 Å². The molecule has 0 radical (unpaired) electrons. The minimum atomic E-state index is -0.202. The third kappa shape index (κ3) is 2.62. The molecule has 0 aliphatic carbocycles. The molecular formula is C10H13N5OS. The van der Waals surface area contributed by atoms with Gasteiger partial charge in [0.25, 0.3) is 5.91 Å². The van der Waals surface area contributed by atoms with E-state index in [0.717, 1.165) is 11.4 Å². The van der Waals surface area contributed by atoms with Gasteiger partial charge < -0.3 is 11.1 Å². The maximum atomic E-state index is 11.7. The average molecular weight is 251 g/mol. The summed E-state index contributed by atoms with van der Waals surface area (Å²) < 4.78 is 1.47. The molecule has 3 N–H and O–H groups in total. The first-order valence-electron chi connectivity index (χ1n) is 5.12. The Labute approximate surface area is 102 Å². The second-order valence-electron chi connectivity index (χ2n) is 3.50. The van der Waals surface area contributed by atoms with Crippen LogP contribution in [-0.4, -0.2) is 27.2 Å². The maximum Gasteiger partial charge on any atom is 0.256 e. The van der Waals surface area contributed by atoms with Gasteiger partial charge >= 0.3 is 0 Å². The van der Waals surface area contributed by atoms with Crippen LogP contribution in [0.4, 0.5) is 5.82 Å². The number of thiazole rings is 1. The number of hydrogen-bond acceptors (Lipinski definition) is 5. The topological polar surface area (TPSA) is 85.8 Å². The van der Waals surface area contributed by atoms with Gasteiger partial charge in [-0.3, -0.25) is 9.48 Å². The van der Waals surface area contributed by atoms with Gasteiger partial charge in [0.2, 0.25) is 0 Å². The lowest BCUT2D eigenvalue weighted by Gasteiger charge is -2.03. The molecule has 1 amide bonds. The fourth-order valence-corrected chi connectivity index (χ4v) is 2.00. The molecule has 0 saturated heterocycles. The van der Waals surface area contributed by atoms with E-state index in [1.54, 1.807) is 24.6 Å². The summed E-state index contributed by atoms with van der Waals surface area (Å²) in [6.45, 7) is 0.542. The Morgan fingerprint density at radius 2 is 2.47 bits per heavy atom. The van der Waals surface area contributed by atoms with E-state index in [4.69, 9.17) is 5.73 Å². The zero-order chi connectivity index (χ0) is 12.3. The smallest absolute Gasteiger partial charge is 0.256 e. The van der Waals surface area contributed by atoms with Gasteiger partial charge in [0.1, 0.15) is 11.4 Å². The number of aryl methyl sites for hydroxylation is 1. The molecule has 2 rings (SSSR count). The van der Waals surface area contributed by atoms with E-state index in [1.165, 1.54) is 10.9 Å². The molecule has 0 spiro atoms. The van der Waals surface area contributed by atoms with E-state index >= 15 is 0 Å². The van der Waals surface area contributed by atoms with Crippen LogP contribution in [0.25, 0.3) is 0 Å². The van der Waals surface area contributed by atoms with Crippen molar-refractivity contribution in [1.82, 2.24) is 20.1 Å². The third-order valence-electron chi connectivity index (χ3n) is 2.34. The van der Waals surface area contributed by atoms with Crippen molar-refractivity contribution < 1.29 is 4.79 Å². The molecular weight excluding hydrogens is 238 g/mol. The number of aromatic nitrogens is 3. The number of nitrogens with zero attached hydrogens (tertiary/aromatic N) is 3. The van der Waals surface area contributed by atoms with E-state index in [2.05, 4.69) is 15.4 Å². The number of nitrogen functional groups attached to an aromatic ring is 1. The summed E-state index contributed by atoms with van der Waals surface area (Å²) in [5.74, 6) is 0.170. The molecule has 6 nitrogen and oxygen atoms in total. The van der Waals surface area contributed by atoms with Crippen LogP contribution in [0.2, 0.25) is 0 Å². The molecule has 0 fully saturated rings. The van der Waals surface area contributed by atoms with Gasteiger partial charge in [-0.2, -0.15) is 5.10 Å². The number of carbonyl (C=O) groups excluding carboxylic acids is 1. The van der Waals surface area contributed by atoms with Crippen molar-refractivity contribution in [3.8, 4) is 0 Å². The van der Waals surface area contributed by atoms with Gasteiger partial charge in [0.05, 0.1) is 11.2 Å². The minimum Gasteiger partial charge on any atom is -0.383 e. The summed E-state index contributed by atoms with van der Waals surface area (Å²) in [6.07, 6.45) is 3.94. The normalized spacial score (nSPS) is 10.4. The maximum absolute atomic E-state index is 11.7. The van der Waals surface area contributed by atoms with Crippen molar-refractivity contribution >= 4 is 23.1 Å². The van der Waals surface area contributed by atoms with Crippen molar-refractivity contribution in [1.29, 1.82) is 0 Å². The van der Waals surface area contributed by atoms with Crippen molar-refractivity contribution in [3.05, 3.63) is 28.3 Å². The van der Waals surface area contributed by atoms with Crippen LogP contribution < -0.4 is 11.1 Å². The lowest BCUT2D eigenvalue weighted by Crippen LogP contribution is -2.26. The molecule has 2 aromatic rings. The number of carbonyl (C=O) groups is 1. The summed E-state index contributed by atoms with van der Waals surface area (Å²) in [5.41, 5.74) is 6.11. The monoisotopic (exact) mass is 251 g/mol. The summed E-state index contributed by atoms with van der Waals surface area (Å²) in [4.78, 5) is 15.9. The molecule has 17 heavy (non-hydrogen) atoms. The lowest BCUT2D eigenvalue weighted by atomic mass is 10.3. The summed E-state index contributed by atoms with van der Waals surface area (Å²) in [7, 11) is 1.70. The number of amides is 1. The Hall–Kier alpha value is -1.89. The van der Waals surface area contributed by atoms with Gasteiger partial charge in [0, 0.05) is 31.6 Å². The molecule has 0 aliphatic heterocycles. The SMILES string of the molecule is Cn1ncc(C(=O)NCCc2nccs2)c1N. The Kier molecular flexibility index (Phi) is 3.38. The fourth-order valence-electron chi connectivity index (χ4n) is 1.38. The molecule has 0 aromatic carbocycles. The van der Waals surface area contributed by atoms with E-state index in [1.807, 2.05) is 5.38 Å². The predicted octanol–water partition coefficient (Wildman–Crippen LogP) is 0.431. The van der Waals surface area contributed by atoms with Gasteiger partial charge in [-0.25, -0.2) is 4.98 Å². The predicted molar refractivity (Wildman–Crippen MR) is 65.8 cm³/mol. The van der Waals surface area contributed by atoms with Gasteiger partial charge in [0.15, 0.2) is 0 Å². The molecule has 7 heteroatoms. The average Bonchev–Trinajstić information content (AvgIpc) is 2.91. The lowest BCUT2D eigenvalue weighted by molar-refractivity contribution is 0.0955. The molecule has 0 aliphatic rings. The first-order valence-corrected chi connectivity index (χ1v) is 6.00. The van der Waals surface area contributed by atoms with Crippen LogP contribution in [0.1, 0.15) is 15.4 Å². The molecule has 0 atom stereocenters. The fraction of sp³-hybridized carbons (Fsp3) is 0.300. The first-order chi connectivity index (χ1) is 8.18. The second kappa shape index (κ2) is 4.96. The number of nitrogens with two attached hydrogens (primary N) is 1. The number of rotatable bonds is 4. The van der Waals surface area contributed by atoms with Crippen LogP contribution in [-0.2, 0) is 13.5 Å². The molecule has 2 aromatic heterocycles. The number of nitrogens with one attached hydrogen (secondary N) is 1.